The normalized spacial score (nSPS) is 10.8. The Hall–Kier alpha value is -1.16. The first-order valence-electron chi connectivity index (χ1n) is 4.86. The topological polar surface area (TPSA) is 46.0 Å². The number of halogens is 1. The molecule has 0 amide bonds. The van der Waals surface area contributed by atoms with Gasteiger partial charge >= 0.3 is 0 Å². The molecule has 15 heavy (non-hydrogen) atoms. The third-order valence-electron chi connectivity index (χ3n) is 2.15. The molecule has 0 unspecified atom stereocenters. The monoisotopic (exact) mass is 266 g/mol. The SMILES string of the molecule is CCCc1nc(Br)c2cc(O)ccc2n1. The summed E-state index contributed by atoms with van der Waals surface area (Å²) in [7, 11) is 0. The average molecular weight is 267 g/mol. The lowest BCUT2D eigenvalue weighted by Crippen LogP contribution is -1.95. The van der Waals surface area contributed by atoms with Crippen molar-refractivity contribution in [3.05, 3.63) is 28.6 Å². The Balaban J connectivity index is 2.62. The molecule has 3 nitrogen and oxygen atoms in total. The quantitative estimate of drug-likeness (QED) is 0.850. The molecule has 0 saturated heterocycles. The summed E-state index contributed by atoms with van der Waals surface area (Å²) < 4.78 is 0.742. The number of aromatic hydroxyl groups is 1. The number of hydrogen-bond acceptors (Lipinski definition) is 3. The second kappa shape index (κ2) is 4.14. The van der Waals surface area contributed by atoms with Crippen LogP contribution >= 0.6 is 15.9 Å². The molecule has 0 saturated carbocycles. The van der Waals surface area contributed by atoms with E-state index >= 15 is 0 Å². The van der Waals surface area contributed by atoms with Crippen molar-refractivity contribution in [3.63, 3.8) is 0 Å². The summed E-state index contributed by atoms with van der Waals surface area (Å²) in [6.07, 6.45) is 1.89. The van der Waals surface area contributed by atoms with E-state index in [1.54, 1.807) is 18.2 Å². The van der Waals surface area contributed by atoms with Crippen molar-refractivity contribution in [2.75, 3.05) is 0 Å². The van der Waals surface area contributed by atoms with Gasteiger partial charge in [0, 0.05) is 11.8 Å². The van der Waals surface area contributed by atoms with E-state index in [0.29, 0.717) is 0 Å². The number of hydrogen-bond donors (Lipinski definition) is 1. The Kier molecular flexibility index (Phi) is 2.86. The Bertz CT molecular complexity index is 499. The molecule has 0 aliphatic heterocycles. The van der Waals surface area contributed by atoms with Crippen LogP contribution in [0.2, 0.25) is 0 Å². The van der Waals surface area contributed by atoms with Crippen LogP contribution in [0.4, 0.5) is 0 Å². The van der Waals surface area contributed by atoms with Crippen molar-refractivity contribution in [1.82, 2.24) is 9.97 Å². The van der Waals surface area contributed by atoms with Gasteiger partial charge in [0.2, 0.25) is 0 Å². The maximum absolute atomic E-state index is 9.35. The number of aromatic nitrogens is 2. The summed E-state index contributed by atoms with van der Waals surface area (Å²) in [5.41, 5.74) is 0.859. The summed E-state index contributed by atoms with van der Waals surface area (Å²) >= 11 is 3.39. The third-order valence-corrected chi connectivity index (χ3v) is 2.76. The van der Waals surface area contributed by atoms with E-state index < -0.39 is 0 Å². The van der Waals surface area contributed by atoms with E-state index in [-0.39, 0.29) is 5.75 Å². The lowest BCUT2D eigenvalue weighted by molar-refractivity contribution is 0.476. The van der Waals surface area contributed by atoms with Gasteiger partial charge in [-0.25, -0.2) is 9.97 Å². The van der Waals surface area contributed by atoms with E-state index in [4.69, 9.17) is 0 Å². The Morgan fingerprint density at radius 2 is 2.13 bits per heavy atom. The number of phenolic OH excluding ortho intramolecular Hbond substituents is 1. The molecule has 0 aliphatic rings. The van der Waals surface area contributed by atoms with Crippen molar-refractivity contribution in [2.24, 2.45) is 0 Å². The van der Waals surface area contributed by atoms with Crippen molar-refractivity contribution >= 4 is 26.8 Å². The van der Waals surface area contributed by atoms with Gasteiger partial charge in [0.15, 0.2) is 0 Å². The molecule has 0 fully saturated rings. The number of phenols is 1. The van der Waals surface area contributed by atoms with Gasteiger partial charge in [-0.3, -0.25) is 0 Å². The number of aryl methyl sites for hydroxylation is 1. The van der Waals surface area contributed by atoms with Gasteiger partial charge in [0.1, 0.15) is 16.2 Å². The molecule has 1 aromatic heterocycles. The summed E-state index contributed by atoms with van der Waals surface area (Å²) in [4.78, 5) is 8.74. The molecule has 0 bridgehead atoms. The average Bonchev–Trinajstić information content (AvgIpc) is 2.20. The fourth-order valence-electron chi connectivity index (χ4n) is 1.46. The second-order valence-electron chi connectivity index (χ2n) is 3.38. The van der Waals surface area contributed by atoms with Gasteiger partial charge in [-0.05, 0) is 40.5 Å². The first-order chi connectivity index (χ1) is 7.20. The zero-order chi connectivity index (χ0) is 10.8. The van der Waals surface area contributed by atoms with E-state index in [9.17, 15) is 5.11 Å². The molecule has 1 N–H and O–H groups in total. The van der Waals surface area contributed by atoms with Gasteiger partial charge in [-0.2, -0.15) is 0 Å². The Labute approximate surface area is 96.3 Å². The maximum atomic E-state index is 9.35. The smallest absolute Gasteiger partial charge is 0.130 e. The lowest BCUT2D eigenvalue weighted by Gasteiger charge is -2.03. The van der Waals surface area contributed by atoms with E-state index in [0.717, 1.165) is 34.2 Å². The van der Waals surface area contributed by atoms with Crippen molar-refractivity contribution in [2.45, 2.75) is 19.8 Å². The maximum Gasteiger partial charge on any atom is 0.130 e. The van der Waals surface area contributed by atoms with Gasteiger partial charge in [0.25, 0.3) is 0 Å². The van der Waals surface area contributed by atoms with Crippen LogP contribution in [-0.4, -0.2) is 15.1 Å². The largest absolute Gasteiger partial charge is 0.508 e. The number of benzene rings is 1. The molecule has 0 aliphatic carbocycles. The molecule has 0 radical (unpaired) electrons. The van der Waals surface area contributed by atoms with Crippen molar-refractivity contribution < 1.29 is 5.11 Å². The zero-order valence-corrected chi connectivity index (χ0v) is 9.95. The van der Waals surface area contributed by atoms with Crippen LogP contribution in [0.5, 0.6) is 5.75 Å². The summed E-state index contributed by atoms with van der Waals surface area (Å²) in [5, 5.41) is 10.2. The van der Waals surface area contributed by atoms with Crippen molar-refractivity contribution in [3.8, 4) is 5.75 Å². The summed E-state index contributed by atoms with van der Waals surface area (Å²) in [5.74, 6) is 1.07. The first kappa shape index (κ1) is 10.4. The van der Waals surface area contributed by atoms with Gasteiger partial charge in [-0.1, -0.05) is 6.92 Å². The molecule has 4 heteroatoms. The fourth-order valence-corrected chi connectivity index (χ4v) is 1.98. The van der Waals surface area contributed by atoms with E-state index in [1.165, 1.54) is 0 Å². The van der Waals surface area contributed by atoms with Crippen LogP contribution in [0.25, 0.3) is 10.9 Å². The molecular weight excluding hydrogens is 256 g/mol. The summed E-state index contributed by atoms with van der Waals surface area (Å²) in [6.45, 7) is 2.10. The minimum Gasteiger partial charge on any atom is -0.508 e. The van der Waals surface area contributed by atoms with Crippen LogP contribution < -0.4 is 0 Å². The Morgan fingerprint density at radius 1 is 1.33 bits per heavy atom. The molecule has 0 atom stereocenters. The standard InChI is InChI=1S/C11H11BrN2O/c1-2-3-10-13-9-5-4-7(15)6-8(9)11(12)14-10/h4-6,15H,2-3H2,1H3. The molecule has 2 aromatic rings. The minimum absolute atomic E-state index is 0.232. The number of fused-ring (bicyclic) bond motifs is 1. The van der Waals surface area contributed by atoms with Crippen LogP contribution in [0.3, 0.4) is 0 Å². The highest BCUT2D eigenvalue weighted by molar-refractivity contribution is 9.10. The van der Waals surface area contributed by atoms with Crippen molar-refractivity contribution in [1.29, 1.82) is 0 Å². The van der Waals surface area contributed by atoms with Gasteiger partial charge in [-0.15, -0.1) is 0 Å². The van der Waals surface area contributed by atoms with Crippen LogP contribution in [0.15, 0.2) is 22.8 Å². The fraction of sp³-hybridized carbons (Fsp3) is 0.273. The molecule has 0 spiro atoms. The van der Waals surface area contributed by atoms with Gasteiger partial charge in [0.05, 0.1) is 5.52 Å². The predicted molar refractivity (Wildman–Crippen MR) is 62.9 cm³/mol. The number of rotatable bonds is 2. The van der Waals surface area contributed by atoms with Crippen LogP contribution in [0.1, 0.15) is 19.2 Å². The zero-order valence-electron chi connectivity index (χ0n) is 8.37. The molecule has 1 aromatic carbocycles. The molecule has 78 valence electrons. The highest BCUT2D eigenvalue weighted by atomic mass is 79.9. The minimum atomic E-state index is 0.232. The predicted octanol–water partition coefficient (Wildman–Crippen LogP) is 3.05. The highest BCUT2D eigenvalue weighted by Crippen LogP contribution is 2.24. The summed E-state index contributed by atoms with van der Waals surface area (Å²) in [6, 6.07) is 5.10. The van der Waals surface area contributed by atoms with E-state index in [1.807, 2.05) is 0 Å². The molecular formula is C11H11BrN2O. The third kappa shape index (κ3) is 2.09. The molecule has 1 heterocycles. The highest BCUT2D eigenvalue weighted by Gasteiger charge is 2.05. The molecule has 2 rings (SSSR count). The van der Waals surface area contributed by atoms with E-state index in [2.05, 4.69) is 32.8 Å². The first-order valence-corrected chi connectivity index (χ1v) is 5.65. The number of nitrogens with zero attached hydrogens (tertiary/aromatic N) is 2. The van der Waals surface area contributed by atoms with Crippen LogP contribution in [-0.2, 0) is 6.42 Å². The second-order valence-corrected chi connectivity index (χ2v) is 4.13. The lowest BCUT2D eigenvalue weighted by atomic mass is 10.2. The van der Waals surface area contributed by atoms with Gasteiger partial charge < -0.3 is 5.11 Å². The Morgan fingerprint density at radius 3 is 2.87 bits per heavy atom. The van der Waals surface area contributed by atoms with Crippen LogP contribution in [0, 0.1) is 0 Å².